The Morgan fingerprint density at radius 3 is 2.67 bits per heavy atom. The first-order valence-electron chi connectivity index (χ1n) is 9.42. The lowest BCUT2D eigenvalue weighted by molar-refractivity contribution is -0.157. The van der Waals surface area contributed by atoms with Crippen LogP contribution >= 0.6 is 0 Å². The second-order valence-electron chi connectivity index (χ2n) is 7.42. The van der Waals surface area contributed by atoms with Gasteiger partial charge in [-0.05, 0) is 44.4 Å². The van der Waals surface area contributed by atoms with Crippen LogP contribution < -0.4 is 5.32 Å². The summed E-state index contributed by atoms with van der Waals surface area (Å²) in [5, 5.41) is 2.53. The summed E-state index contributed by atoms with van der Waals surface area (Å²) in [6, 6.07) is 4.59. The molecular weight excluding hydrogens is 351 g/mol. The van der Waals surface area contributed by atoms with E-state index in [4.69, 9.17) is 4.74 Å². The first kappa shape index (κ1) is 19.3. The van der Waals surface area contributed by atoms with Gasteiger partial charge in [0.1, 0.15) is 5.82 Å². The molecule has 1 aromatic carbocycles. The van der Waals surface area contributed by atoms with Gasteiger partial charge in [-0.15, -0.1) is 0 Å². The Balaban J connectivity index is 1.53. The first-order chi connectivity index (χ1) is 12.8. The summed E-state index contributed by atoms with van der Waals surface area (Å²) in [4.78, 5) is 38.6. The number of carbonyl (C=O) groups excluding carboxylic acids is 3. The number of aryl methyl sites for hydroxylation is 1. The van der Waals surface area contributed by atoms with Crippen molar-refractivity contribution in [2.75, 3.05) is 11.9 Å². The van der Waals surface area contributed by atoms with Crippen molar-refractivity contribution in [3.63, 3.8) is 0 Å². The number of amides is 2. The quantitative estimate of drug-likeness (QED) is 0.802. The predicted octanol–water partition coefficient (Wildman–Crippen LogP) is 2.80. The molecule has 7 heteroatoms. The molecule has 6 nitrogen and oxygen atoms in total. The highest BCUT2D eigenvalue weighted by Crippen LogP contribution is 2.30. The van der Waals surface area contributed by atoms with Crippen LogP contribution in [0.25, 0.3) is 0 Å². The number of ether oxygens (including phenoxy) is 1. The normalized spacial score (nSPS) is 21.4. The molecule has 0 aromatic heterocycles. The van der Waals surface area contributed by atoms with Crippen molar-refractivity contribution in [1.29, 1.82) is 0 Å². The molecule has 1 aliphatic carbocycles. The topological polar surface area (TPSA) is 75.7 Å². The third-order valence-corrected chi connectivity index (χ3v) is 5.36. The van der Waals surface area contributed by atoms with Crippen LogP contribution in [0.15, 0.2) is 18.2 Å². The zero-order valence-electron chi connectivity index (χ0n) is 15.7. The molecular formula is C20H25FN2O4. The van der Waals surface area contributed by atoms with E-state index >= 15 is 0 Å². The van der Waals surface area contributed by atoms with Gasteiger partial charge in [-0.25, -0.2) is 4.39 Å². The fourth-order valence-corrected chi connectivity index (χ4v) is 3.70. The Hall–Kier alpha value is -2.44. The van der Waals surface area contributed by atoms with Gasteiger partial charge in [-0.2, -0.15) is 0 Å². The molecule has 2 aliphatic rings. The van der Waals surface area contributed by atoms with E-state index in [0.29, 0.717) is 17.8 Å². The first-order valence-corrected chi connectivity index (χ1v) is 9.42. The fourth-order valence-electron chi connectivity index (χ4n) is 3.70. The number of halogens is 1. The van der Waals surface area contributed by atoms with Crippen LogP contribution in [0.3, 0.4) is 0 Å². The molecule has 1 saturated carbocycles. The standard InChI is InChI=1S/C20H25FN2O4/c1-12-7-8-15(10-17(12)21)22-19(25)13(2)27-20(26)14-9-18(24)23(11-14)16-5-3-4-6-16/h7-8,10,13-14,16H,3-6,9,11H2,1-2H3,(H,22,25)/t13-,14-/m0/s1. The predicted molar refractivity (Wildman–Crippen MR) is 97.4 cm³/mol. The maximum atomic E-state index is 13.6. The van der Waals surface area contributed by atoms with Crippen LogP contribution in [0.1, 0.15) is 44.6 Å². The molecule has 1 aliphatic heterocycles. The molecule has 1 aromatic rings. The molecule has 0 unspecified atom stereocenters. The molecule has 3 rings (SSSR count). The Kier molecular flexibility index (Phi) is 5.77. The SMILES string of the molecule is Cc1ccc(NC(=O)[C@H](C)OC(=O)[C@H]2CC(=O)N(C3CCCC3)C2)cc1F. The molecule has 27 heavy (non-hydrogen) atoms. The van der Waals surface area contributed by atoms with Gasteiger partial charge >= 0.3 is 5.97 Å². The van der Waals surface area contributed by atoms with E-state index in [9.17, 15) is 18.8 Å². The number of benzene rings is 1. The highest BCUT2D eigenvalue weighted by atomic mass is 19.1. The van der Waals surface area contributed by atoms with Crippen molar-refractivity contribution in [3.8, 4) is 0 Å². The zero-order chi connectivity index (χ0) is 19.6. The van der Waals surface area contributed by atoms with Gasteiger partial charge in [-0.3, -0.25) is 14.4 Å². The monoisotopic (exact) mass is 376 g/mol. The van der Waals surface area contributed by atoms with Gasteiger partial charge in [0, 0.05) is 24.7 Å². The summed E-state index contributed by atoms with van der Waals surface area (Å²) in [6.07, 6.45) is 3.30. The van der Waals surface area contributed by atoms with Gasteiger partial charge in [-0.1, -0.05) is 18.9 Å². The lowest BCUT2D eigenvalue weighted by Gasteiger charge is -2.24. The van der Waals surface area contributed by atoms with Crippen molar-refractivity contribution in [2.45, 2.75) is 58.1 Å². The van der Waals surface area contributed by atoms with Crippen LogP contribution in [-0.2, 0) is 19.1 Å². The van der Waals surface area contributed by atoms with Crippen molar-refractivity contribution in [2.24, 2.45) is 5.92 Å². The lowest BCUT2D eigenvalue weighted by Crippen LogP contribution is -2.36. The number of likely N-dealkylation sites (tertiary alicyclic amines) is 1. The number of carbonyl (C=O) groups is 3. The Morgan fingerprint density at radius 1 is 1.30 bits per heavy atom. The maximum Gasteiger partial charge on any atom is 0.312 e. The van der Waals surface area contributed by atoms with E-state index in [0.717, 1.165) is 25.7 Å². The molecule has 1 saturated heterocycles. The van der Waals surface area contributed by atoms with Crippen molar-refractivity contribution in [3.05, 3.63) is 29.6 Å². The Labute approximate surface area is 158 Å². The molecule has 146 valence electrons. The van der Waals surface area contributed by atoms with Crippen molar-refractivity contribution in [1.82, 2.24) is 4.90 Å². The summed E-state index contributed by atoms with van der Waals surface area (Å²) in [7, 11) is 0. The second-order valence-corrected chi connectivity index (χ2v) is 7.42. The maximum absolute atomic E-state index is 13.6. The summed E-state index contributed by atoms with van der Waals surface area (Å²) >= 11 is 0. The Morgan fingerprint density at radius 2 is 2.00 bits per heavy atom. The van der Waals surface area contributed by atoms with Gasteiger partial charge in [0.15, 0.2) is 6.10 Å². The van der Waals surface area contributed by atoms with Crippen LogP contribution in [0, 0.1) is 18.7 Å². The summed E-state index contributed by atoms with van der Waals surface area (Å²) in [5.41, 5.74) is 0.777. The van der Waals surface area contributed by atoms with Crippen molar-refractivity contribution < 1.29 is 23.5 Å². The third-order valence-electron chi connectivity index (χ3n) is 5.36. The molecule has 1 heterocycles. The third kappa shape index (κ3) is 4.46. The van der Waals surface area contributed by atoms with E-state index in [1.807, 2.05) is 0 Å². The van der Waals surface area contributed by atoms with Gasteiger partial charge in [0.05, 0.1) is 5.92 Å². The number of anilines is 1. The molecule has 0 radical (unpaired) electrons. The second kappa shape index (κ2) is 8.06. The number of hydrogen-bond donors (Lipinski definition) is 1. The summed E-state index contributed by atoms with van der Waals surface area (Å²) < 4.78 is 18.8. The zero-order valence-corrected chi connectivity index (χ0v) is 15.7. The minimum absolute atomic E-state index is 0.0175. The molecule has 0 bridgehead atoms. The molecule has 2 atom stereocenters. The number of esters is 1. The molecule has 2 amide bonds. The lowest BCUT2D eigenvalue weighted by atomic mass is 10.1. The van der Waals surface area contributed by atoms with Crippen LogP contribution in [0.4, 0.5) is 10.1 Å². The van der Waals surface area contributed by atoms with E-state index < -0.39 is 29.7 Å². The summed E-state index contributed by atoms with van der Waals surface area (Å²) in [5.74, 6) is -2.06. The van der Waals surface area contributed by atoms with Crippen LogP contribution in [0.2, 0.25) is 0 Å². The summed E-state index contributed by atoms with van der Waals surface area (Å²) in [6.45, 7) is 3.45. The minimum Gasteiger partial charge on any atom is -0.452 e. The number of rotatable bonds is 5. The van der Waals surface area contributed by atoms with E-state index in [1.165, 1.54) is 13.0 Å². The smallest absolute Gasteiger partial charge is 0.312 e. The van der Waals surface area contributed by atoms with Gasteiger partial charge < -0.3 is 15.0 Å². The van der Waals surface area contributed by atoms with Crippen molar-refractivity contribution >= 4 is 23.5 Å². The highest BCUT2D eigenvalue weighted by Gasteiger charge is 2.40. The van der Waals surface area contributed by atoms with Crippen LogP contribution in [-0.4, -0.2) is 41.4 Å². The number of nitrogens with one attached hydrogen (secondary N) is 1. The van der Waals surface area contributed by atoms with Gasteiger partial charge in [0.2, 0.25) is 5.91 Å². The van der Waals surface area contributed by atoms with E-state index in [-0.39, 0.29) is 18.4 Å². The Bertz CT molecular complexity index is 745. The van der Waals surface area contributed by atoms with Gasteiger partial charge in [0.25, 0.3) is 5.91 Å². The highest BCUT2D eigenvalue weighted by molar-refractivity contribution is 5.95. The average Bonchev–Trinajstić information content (AvgIpc) is 3.27. The molecule has 0 spiro atoms. The molecule has 1 N–H and O–H groups in total. The van der Waals surface area contributed by atoms with Crippen LogP contribution in [0.5, 0.6) is 0 Å². The van der Waals surface area contributed by atoms with E-state index in [2.05, 4.69) is 5.32 Å². The molecule has 2 fully saturated rings. The average molecular weight is 376 g/mol. The minimum atomic E-state index is -1.03. The largest absolute Gasteiger partial charge is 0.452 e. The van der Waals surface area contributed by atoms with E-state index in [1.54, 1.807) is 24.0 Å². The number of hydrogen-bond acceptors (Lipinski definition) is 4. The number of nitrogens with zero attached hydrogens (tertiary/aromatic N) is 1. The fraction of sp³-hybridized carbons (Fsp3) is 0.550.